The first-order valence-corrected chi connectivity index (χ1v) is 5.85. The van der Waals surface area contributed by atoms with Gasteiger partial charge in [0.15, 0.2) is 5.82 Å². The average Bonchev–Trinajstić information content (AvgIpc) is 3.11. The standard InChI is InChI=1S/C11H15N5O/c1-8-13-14-11-10(12-4-5-15(8)11)16(6-7-17)9-2-3-9/h4-5,9,17H,2-3,6-7H2,1H3. The summed E-state index contributed by atoms with van der Waals surface area (Å²) in [5.41, 5.74) is 0.769. The average molecular weight is 233 g/mol. The van der Waals surface area contributed by atoms with E-state index in [0.717, 1.165) is 30.1 Å². The van der Waals surface area contributed by atoms with E-state index in [1.165, 1.54) is 0 Å². The summed E-state index contributed by atoms with van der Waals surface area (Å²) in [5, 5.41) is 17.4. The van der Waals surface area contributed by atoms with Crippen LogP contribution in [0.2, 0.25) is 0 Å². The molecule has 0 spiro atoms. The molecule has 2 aromatic rings. The van der Waals surface area contributed by atoms with Crippen LogP contribution in [0.3, 0.4) is 0 Å². The van der Waals surface area contributed by atoms with E-state index in [2.05, 4.69) is 20.1 Å². The van der Waals surface area contributed by atoms with Gasteiger partial charge in [0.1, 0.15) is 5.82 Å². The number of nitrogens with zero attached hydrogens (tertiary/aromatic N) is 5. The molecular weight excluding hydrogens is 218 g/mol. The lowest BCUT2D eigenvalue weighted by molar-refractivity contribution is 0.301. The number of hydrogen-bond acceptors (Lipinski definition) is 5. The molecule has 2 heterocycles. The molecule has 0 aliphatic heterocycles. The summed E-state index contributed by atoms with van der Waals surface area (Å²) in [6.45, 7) is 2.65. The van der Waals surface area contributed by atoms with Gasteiger partial charge >= 0.3 is 0 Å². The Balaban J connectivity index is 2.08. The van der Waals surface area contributed by atoms with Crippen LogP contribution in [-0.4, -0.2) is 43.9 Å². The first-order chi connectivity index (χ1) is 8.31. The topological polar surface area (TPSA) is 66.5 Å². The van der Waals surface area contributed by atoms with Crippen LogP contribution >= 0.6 is 0 Å². The molecule has 0 aromatic carbocycles. The van der Waals surface area contributed by atoms with Gasteiger partial charge in [-0.05, 0) is 19.8 Å². The van der Waals surface area contributed by atoms with Gasteiger partial charge in [-0.25, -0.2) is 4.98 Å². The molecule has 6 heteroatoms. The second-order valence-corrected chi connectivity index (χ2v) is 4.34. The van der Waals surface area contributed by atoms with Crippen LogP contribution in [-0.2, 0) is 0 Å². The normalized spacial score (nSPS) is 15.4. The van der Waals surface area contributed by atoms with Crippen molar-refractivity contribution < 1.29 is 5.11 Å². The van der Waals surface area contributed by atoms with Crippen molar-refractivity contribution >= 4 is 11.5 Å². The maximum Gasteiger partial charge on any atom is 0.203 e. The fraction of sp³-hybridized carbons (Fsp3) is 0.545. The predicted octanol–water partition coefficient (Wildman–Crippen LogP) is 0.394. The Morgan fingerprint density at radius 2 is 2.29 bits per heavy atom. The van der Waals surface area contributed by atoms with E-state index >= 15 is 0 Å². The number of aliphatic hydroxyl groups is 1. The number of aromatic nitrogens is 4. The predicted molar refractivity (Wildman–Crippen MR) is 63.0 cm³/mol. The minimum atomic E-state index is 0.131. The lowest BCUT2D eigenvalue weighted by Crippen LogP contribution is -2.30. The lowest BCUT2D eigenvalue weighted by Gasteiger charge is -2.22. The fourth-order valence-electron chi connectivity index (χ4n) is 2.09. The second kappa shape index (κ2) is 3.96. The Hall–Kier alpha value is -1.69. The number of anilines is 1. The molecule has 0 unspecified atom stereocenters. The highest BCUT2D eigenvalue weighted by Crippen LogP contribution is 2.31. The van der Waals surface area contributed by atoms with Crippen molar-refractivity contribution in [1.29, 1.82) is 0 Å². The molecular formula is C11H15N5O. The van der Waals surface area contributed by atoms with Gasteiger partial charge in [-0.1, -0.05) is 0 Å². The van der Waals surface area contributed by atoms with E-state index in [9.17, 15) is 0 Å². The van der Waals surface area contributed by atoms with Crippen LogP contribution in [0.1, 0.15) is 18.7 Å². The smallest absolute Gasteiger partial charge is 0.203 e. The summed E-state index contributed by atoms with van der Waals surface area (Å²) in [6.07, 6.45) is 5.94. The number of hydrogen-bond donors (Lipinski definition) is 1. The van der Waals surface area contributed by atoms with E-state index in [4.69, 9.17) is 5.11 Å². The van der Waals surface area contributed by atoms with Crippen molar-refractivity contribution in [3.63, 3.8) is 0 Å². The number of rotatable bonds is 4. The highest BCUT2D eigenvalue weighted by Gasteiger charge is 2.31. The Labute approximate surface area is 98.9 Å². The summed E-state index contributed by atoms with van der Waals surface area (Å²) in [4.78, 5) is 6.52. The van der Waals surface area contributed by atoms with Gasteiger partial charge in [0.2, 0.25) is 5.65 Å². The molecule has 17 heavy (non-hydrogen) atoms. The van der Waals surface area contributed by atoms with Crippen LogP contribution in [0.4, 0.5) is 5.82 Å². The molecule has 0 radical (unpaired) electrons. The van der Waals surface area contributed by atoms with Crippen molar-refractivity contribution in [1.82, 2.24) is 19.6 Å². The lowest BCUT2D eigenvalue weighted by atomic mass is 10.4. The van der Waals surface area contributed by atoms with Crippen molar-refractivity contribution in [2.24, 2.45) is 0 Å². The molecule has 1 aliphatic carbocycles. The van der Waals surface area contributed by atoms with E-state index in [1.807, 2.05) is 17.5 Å². The van der Waals surface area contributed by atoms with Gasteiger partial charge in [-0.3, -0.25) is 4.40 Å². The molecule has 0 atom stereocenters. The number of aliphatic hydroxyl groups excluding tert-OH is 1. The number of fused-ring (bicyclic) bond motifs is 1. The van der Waals surface area contributed by atoms with Crippen molar-refractivity contribution in [2.45, 2.75) is 25.8 Å². The molecule has 3 rings (SSSR count). The Kier molecular flexibility index (Phi) is 2.44. The second-order valence-electron chi connectivity index (χ2n) is 4.34. The molecule has 1 aliphatic rings. The summed E-state index contributed by atoms with van der Waals surface area (Å²) >= 11 is 0. The highest BCUT2D eigenvalue weighted by atomic mass is 16.3. The van der Waals surface area contributed by atoms with Crippen molar-refractivity contribution in [2.75, 3.05) is 18.1 Å². The minimum Gasteiger partial charge on any atom is -0.395 e. The van der Waals surface area contributed by atoms with Crippen LogP contribution in [0.25, 0.3) is 5.65 Å². The molecule has 2 aromatic heterocycles. The fourth-order valence-corrected chi connectivity index (χ4v) is 2.09. The SMILES string of the molecule is Cc1nnc2c(N(CCO)C3CC3)nccn12. The van der Waals surface area contributed by atoms with Crippen LogP contribution < -0.4 is 4.90 Å². The van der Waals surface area contributed by atoms with Crippen molar-refractivity contribution in [3.05, 3.63) is 18.2 Å². The summed E-state index contributed by atoms with van der Waals surface area (Å²) in [7, 11) is 0. The summed E-state index contributed by atoms with van der Waals surface area (Å²) in [6, 6.07) is 0.498. The maximum atomic E-state index is 9.14. The third-order valence-electron chi connectivity index (χ3n) is 3.08. The van der Waals surface area contributed by atoms with Gasteiger partial charge < -0.3 is 10.0 Å². The summed E-state index contributed by atoms with van der Waals surface area (Å²) < 4.78 is 1.93. The van der Waals surface area contributed by atoms with Gasteiger partial charge in [0, 0.05) is 25.0 Å². The molecule has 1 saturated carbocycles. The van der Waals surface area contributed by atoms with E-state index in [-0.39, 0.29) is 6.61 Å². The molecule has 1 fully saturated rings. The number of aryl methyl sites for hydroxylation is 1. The molecule has 0 bridgehead atoms. The van der Waals surface area contributed by atoms with E-state index in [1.54, 1.807) is 6.20 Å². The van der Waals surface area contributed by atoms with Gasteiger partial charge in [-0.15, -0.1) is 10.2 Å². The highest BCUT2D eigenvalue weighted by molar-refractivity contribution is 5.64. The molecule has 90 valence electrons. The van der Waals surface area contributed by atoms with Gasteiger partial charge in [0.05, 0.1) is 6.61 Å². The third kappa shape index (κ3) is 1.74. The van der Waals surface area contributed by atoms with Gasteiger partial charge in [-0.2, -0.15) is 0 Å². The first-order valence-electron chi connectivity index (χ1n) is 5.85. The third-order valence-corrected chi connectivity index (χ3v) is 3.08. The zero-order valence-electron chi connectivity index (χ0n) is 9.74. The molecule has 0 amide bonds. The Morgan fingerprint density at radius 1 is 1.47 bits per heavy atom. The largest absolute Gasteiger partial charge is 0.395 e. The van der Waals surface area contributed by atoms with Crippen LogP contribution in [0.5, 0.6) is 0 Å². The Morgan fingerprint density at radius 3 is 3.00 bits per heavy atom. The first kappa shape index (κ1) is 10.5. The van der Waals surface area contributed by atoms with Crippen LogP contribution in [0.15, 0.2) is 12.4 Å². The van der Waals surface area contributed by atoms with Crippen molar-refractivity contribution in [3.8, 4) is 0 Å². The Bertz CT molecular complexity index is 534. The zero-order valence-corrected chi connectivity index (χ0v) is 9.74. The van der Waals surface area contributed by atoms with E-state index in [0.29, 0.717) is 12.6 Å². The quantitative estimate of drug-likeness (QED) is 0.827. The molecule has 0 saturated heterocycles. The van der Waals surface area contributed by atoms with Gasteiger partial charge in [0.25, 0.3) is 0 Å². The maximum absolute atomic E-state index is 9.14. The molecule has 6 nitrogen and oxygen atoms in total. The zero-order chi connectivity index (χ0) is 11.8. The monoisotopic (exact) mass is 233 g/mol. The summed E-state index contributed by atoms with van der Waals surface area (Å²) in [5.74, 6) is 1.67. The van der Waals surface area contributed by atoms with Crippen LogP contribution in [0, 0.1) is 6.92 Å². The van der Waals surface area contributed by atoms with E-state index < -0.39 is 0 Å². The minimum absolute atomic E-state index is 0.131. The molecule has 1 N–H and O–H groups in total.